The van der Waals surface area contributed by atoms with E-state index in [0.717, 1.165) is 5.33 Å². The molecule has 0 aromatic rings. The molecule has 0 aromatic carbocycles. The van der Waals surface area contributed by atoms with Gasteiger partial charge in [-0.3, -0.25) is 0 Å². The standard InChI is InChI=1S/C9H18BrNO4S2/c1-8(2-5-10)11-17(14,15)9-3-6-16(12,13)7-4-9/h8-9,11H,2-7H2,1H3. The molecule has 1 aliphatic heterocycles. The number of halogens is 1. The monoisotopic (exact) mass is 347 g/mol. The van der Waals surface area contributed by atoms with Crippen LogP contribution in [0.25, 0.3) is 0 Å². The molecule has 0 bridgehead atoms. The van der Waals surface area contributed by atoms with E-state index in [-0.39, 0.29) is 30.4 Å². The van der Waals surface area contributed by atoms with Crippen molar-refractivity contribution in [1.29, 1.82) is 0 Å². The smallest absolute Gasteiger partial charge is 0.214 e. The van der Waals surface area contributed by atoms with Gasteiger partial charge in [0.1, 0.15) is 9.84 Å². The van der Waals surface area contributed by atoms with E-state index < -0.39 is 25.1 Å². The van der Waals surface area contributed by atoms with Crippen LogP contribution in [-0.2, 0) is 19.9 Å². The van der Waals surface area contributed by atoms with Gasteiger partial charge < -0.3 is 0 Å². The first-order valence-electron chi connectivity index (χ1n) is 5.54. The lowest BCUT2D eigenvalue weighted by molar-refractivity contribution is 0.527. The predicted molar refractivity (Wildman–Crippen MR) is 71.6 cm³/mol. The lowest BCUT2D eigenvalue weighted by atomic mass is 10.2. The minimum absolute atomic E-state index is 0.0224. The van der Waals surface area contributed by atoms with Crippen molar-refractivity contribution in [2.45, 2.75) is 37.5 Å². The van der Waals surface area contributed by atoms with Crippen LogP contribution >= 0.6 is 15.9 Å². The zero-order valence-electron chi connectivity index (χ0n) is 9.72. The zero-order valence-corrected chi connectivity index (χ0v) is 12.9. The number of sulfone groups is 1. The summed E-state index contributed by atoms with van der Waals surface area (Å²) in [5.41, 5.74) is 0. The summed E-state index contributed by atoms with van der Waals surface area (Å²) < 4.78 is 49.0. The Labute approximate surface area is 111 Å². The first kappa shape index (κ1) is 15.4. The molecule has 1 aliphatic rings. The Morgan fingerprint density at radius 3 is 2.35 bits per heavy atom. The SMILES string of the molecule is CC(CCBr)NS(=O)(=O)C1CCS(=O)(=O)CC1. The molecule has 5 nitrogen and oxygen atoms in total. The highest BCUT2D eigenvalue weighted by Gasteiger charge is 2.33. The van der Waals surface area contributed by atoms with E-state index in [1.54, 1.807) is 6.92 Å². The highest BCUT2D eigenvalue weighted by molar-refractivity contribution is 9.09. The molecule has 1 saturated heterocycles. The first-order valence-corrected chi connectivity index (χ1v) is 10.0. The third-order valence-electron chi connectivity index (χ3n) is 2.85. The van der Waals surface area contributed by atoms with Gasteiger partial charge in [-0.25, -0.2) is 21.6 Å². The molecule has 0 spiro atoms. The molecule has 0 saturated carbocycles. The van der Waals surface area contributed by atoms with Gasteiger partial charge in [-0.2, -0.15) is 0 Å². The summed E-state index contributed by atoms with van der Waals surface area (Å²) in [4.78, 5) is 0. The van der Waals surface area contributed by atoms with Gasteiger partial charge in [0.25, 0.3) is 0 Å². The minimum atomic E-state index is -3.39. The second kappa shape index (κ2) is 5.99. The molecule has 0 aliphatic carbocycles. The molecule has 1 atom stereocenters. The summed E-state index contributed by atoms with van der Waals surface area (Å²) in [5.74, 6) is -0.0448. The van der Waals surface area contributed by atoms with Crippen LogP contribution in [0, 0.1) is 0 Å². The molecule has 1 unspecified atom stereocenters. The Morgan fingerprint density at radius 1 is 1.35 bits per heavy atom. The maximum atomic E-state index is 12.0. The van der Waals surface area contributed by atoms with Gasteiger partial charge in [-0.1, -0.05) is 15.9 Å². The van der Waals surface area contributed by atoms with Crippen LogP contribution in [0.5, 0.6) is 0 Å². The molecule has 1 heterocycles. The fraction of sp³-hybridized carbons (Fsp3) is 1.00. The molecule has 102 valence electrons. The first-order chi connectivity index (χ1) is 7.77. The molecule has 1 rings (SSSR count). The summed E-state index contributed by atoms with van der Waals surface area (Å²) in [6, 6.07) is -0.127. The lowest BCUT2D eigenvalue weighted by Crippen LogP contribution is -2.43. The van der Waals surface area contributed by atoms with Crippen LogP contribution in [0.2, 0.25) is 0 Å². The quantitative estimate of drug-likeness (QED) is 0.740. The summed E-state index contributed by atoms with van der Waals surface area (Å²) in [5, 5.41) is 0.166. The number of alkyl halides is 1. The highest BCUT2D eigenvalue weighted by atomic mass is 79.9. The van der Waals surface area contributed by atoms with Crippen molar-refractivity contribution in [2.75, 3.05) is 16.8 Å². The van der Waals surface area contributed by atoms with Crippen LogP contribution in [0.3, 0.4) is 0 Å². The van der Waals surface area contributed by atoms with Gasteiger partial charge in [-0.05, 0) is 26.2 Å². The van der Waals surface area contributed by atoms with Crippen molar-refractivity contribution in [3.63, 3.8) is 0 Å². The van der Waals surface area contributed by atoms with E-state index in [0.29, 0.717) is 6.42 Å². The third kappa shape index (κ3) is 4.84. The molecule has 0 aromatic heterocycles. The summed E-state index contributed by atoms with van der Waals surface area (Å²) in [6.07, 6.45) is 1.13. The number of sulfonamides is 1. The van der Waals surface area contributed by atoms with Crippen molar-refractivity contribution in [2.24, 2.45) is 0 Å². The molecule has 8 heteroatoms. The second-order valence-electron chi connectivity index (χ2n) is 4.39. The van der Waals surface area contributed by atoms with E-state index in [2.05, 4.69) is 20.7 Å². The van der Waals surface area contributed by atoms with Crippen molar-refractivity contribution in [3.05, 3.63) is 0 Å². The van der Waals surface area contributed by atoms with Crippen molar-refractivity contribution >= 4 is 35.8 Å². The molecule has 0 radical (unpaired) electrons. The Bertz CT molecular complexity index is 432. The summed E-state index contributed by atoms with van der Waals surface area (Å²) >= 11 is 3.25. The largest absolute Gasteiger partial charge is 0.229 e. The van der Waals surface area contributed by atoms with E-state index in [9.17, 15) is 16.8 Å². The average Bonchev–Trinajstić information content (AvgIpc) is 2.16. The Kier molecular flexibility index (Phi) is 5.42. The fourth-order valence-corrected chi connectivity index (χ4v) is 5.98. The molecule has 1 fully saturated rings. The predicted octanol–water partition coefficient (Wildman–Crippen LogP) is 0.657. The zero-order chi connectivity index (χ0) is 13.1. The van der Waals surface area contributed by atoms with Gasteiger partial charge >= 0.3 is 0 Å². The van der Waals surface area contributed by atoms with Gasteiger partial charge in [-0.15, -0.1) is 0 Å². The van der Waals surface area contributed by atoms with Crippen molar-refractivity contribution in [1.82, 2.24) is 4.72 Å². The Balaban J connectivity index is 2.60. The number of rotatable bonds is 5. The van der Waals surface area contributed by atoms with Gasteiger partial charge in [0.2, 0.25) is 10.0 Å². The number of nitrogens with one attached hydrogen (secondary N) is 1. The summed E-state index contributed by atoms with van der Waals surface area (Å²) in [7, 11) is -6.40. The second-order valence-corrected chi connectivity index (χ2v) is 9.48. The lowest BCUT2D eigenvalue weighted by Gasteiger charge is -2.24. The van der Waals surface area contributed by atoms with Gasteiger partial charge in [0.05, 0.1) is 16.8 Å². The topological polar surface area (TPSA) is 80.3 Å². The molecular weight excluding hydrogens is 330 g/mol. The Hall–Kier alpha value is 0.340. The molecule has 1 N–H and O–H groups in total. The maximum absolute atomic E-state index is 12.0. The molecular formula is C9H18BrNO4S2. The van der Waals surface area contributed by atoms with Crippen LogP contribution in [0.15, 0.2) is 0 Å². The van der Waals surface area contributed by atoms with Crippen molar-refractivity contribution in [3.8, 4) is 0 Å². The maximum Gasteiger partial charge on any atom is 0.214 e. The third-order valence-corrected chi connectivity index (χ3v) is 7.10. The Morgan fingerprint density at radius 2 is 1.88 bits per heavy atom. The number of hydrogen-bond donors (Lipinski definition) is 1. The molecule has 0 amide bonds. The van der Waals surface area contributed by atoms with E-state index >= 15 is 0 Å². The normalized spacial score (nSPS) is 23.4. The van der Waals surface area contributed by atoms with Crippen LogP contribution in [0.4, 0.5) is 0 Å². The van der Waals surface area contributed by atoms with E-state index in [4.69, 9.17) is 0 Å². The minimum Gasteiger partial charge on any atom is -0.229 e. The average molecular weight is 348 g/mol. The summed E-state index contributed by atoms with van der Waals surface area (Å²) in [6.45, 7) is 1.80. The highest BCUT2D eigenvalue weighted by Crippen LogP contribution is 2.19. The van der Waals surface area contributed by atoms with Crippen LogP contribution in [-0.4, -0.2) is 45.0 Å². The number of hydrogen-bond acceptors (Lipinski definition) is 4. The van der Waals surface area contributed by atoms with Crippen LogP contribution < -0.4 is 4.72 Å². The van der Waals surface area contributed by atoms with Crippen molar-refractivity contribution < 1.29 is 16.8 Å². The fourth-order valence-electron chi connectivity index (χ4n) is 1.78. The van der Waals surface area contributed by atoms with Crippen LogP contribution in [0.1, 0.15) is 26.2 Å². The van der Waals surface area contributed by atoms with Gasteiger partial charge in [0, 0.05) is 11.4 Å². The van der Waals surface area contributed by atoms with E-state index in [1.165, 1.54) is 0 Å². The molecule has 17 heavy (non-hydrogen) atoms. The van der Waals surface area contributed by atoms with Gasteiger partial charge in [0.15, 0.2) is 0 Å². The van der Waals surface area contributed by atoms with E-state index in [1.807, 2.05) is 0 Å².